The Balaban J connectivity index is 1.83. The maximum atomic E-state index is 8.86. The molecule has 22 heavy (non-hydrogen) atoms. The molecule has 2 N–H and O–H groups in total. The summed E-state index contributed by atoms with van der Waals surface area (Å²) >= 11 is 0. The summed E-state index contributed by atoms with van der Waals surface area (Å²) in [6, 6.07) is 0. The number of aliphatic hydroxyl groups is 1. The monoisotopic (exact) mass is 308 g/mol. The normalized spacial score (nSPS) is 11.2. The van der Waals surface area contributed by atoms with Gasteiger partial charge >= 0.3 is 0 Å². The van der Waals surface area contributed by atoms with Crippen molar-refractivity contribution in [2.75, 3.05) is 6.61 Å². The summed E-state index contributed by atoms with van der Waals surface area (Å²) in [4.78, 5) is 7.55. The molecule has 0 aliphatic carbocycles. The zero-order valence-electron chi connectivity index (χ0n) is 14.6. The summed E-state index contributed by atoms with van der Waals surface area (Å²) in [5, 5.41) is 8.86. The van der Waals surface area contributed by atoms with Gasteiger partial charge in [0.15, 0.2) is 0 Å². The van der Waals surface area contributed by atoms with Gasteiger partial charge in [0.2, 0.25) is 0 Å². The smallest absolute Gasteiger partial charge is 0.108 e. The number of H-pyrrole nitrogens is 1. The lowest BCUT2D eigenvalue weighted by atomic mass is 10.0. The molecule has 0 spiro atoms. The second kappa shape index (κ2) is 13.8. The summed E-state index contributed by atoms with van der Waals surface area (Å²) in [5.74, 6) is 0.913. The first-order chi connectivity index (χ1) is 10.9. The van der Waals surface area contributed by atoms with Gasteiger partial charge in [-0.2, -0.15) is 0 Å². The van der Waals surface area contributed by atoms with E-state index in [0.29, 0.717) is 6.42 Å². The fourth-order valence-corrected chi connectivity index (χ4v) is 2.92. The third-order valence-corrected chi connectivity index (χ3v) is 4.33. The van der Waals surface area contributed by atoms with Gasteiger partial charge in [0.05, 0.1) is 6.61 Å². The summed E-state index contributed by atoms with van der Waals surface area (Å²) in [7, 11) is 0. The summed E-state index contributed by atoms with van der Waals surface area (Å²) < 4.78 is 0. The lowest BCUT2D eigenvalue weighted by Crippen LogP contribution is -1.93. The van der Waals surface area contributed by atoms with E-state index in [9.17, 15) is 0 Å². The van der Waals surface area contributed by atoms with Gasteiger partial charge in [-0.3, -0.25) is 0 Å². The van der Waals surface area contributed by atoms with Crippen molar-refractivity contribution in [2.24, 2.45) is 0 Å². The topological polar surface area (TPSA) is 48.9 Å². The number of imidazole rings is 1. The van der Waals surface area contributed by atoms with Crippen molar-refractivity contribution in [1.82, 2.24) is 9.97 Å². The predicted molar refractivity (Wildman–Crippen MR) is 94.2 cm³/mol. The quantitative estimate of drug-likeness (QED) is 0.438. The van der Waals surface area contributed by atoms with Gasteiger partial charge in [0.25, 0.3) is 0 Å². The van der Waals surface area contributed by atoms with Crippen molar-refractivity contribution in [3.05, 3.63) is 17.7 Å². The summed E-state index contributed by atoms with van der Waals surface area (Å²) in [5.41, 5.74) is 1.22. The third kappa shape index (κ3) is 9.99. The number of hydrogen-bond acceptors (Lipinski definition) is 2. The Kier molecular flexibility index (Phi) is 12.1. The van der Waals surface area contributed by atoms with Gasteiger partial charge in [-0.05, 0) is 12.8 Å². The first-order valence-corrected chi connectivity index (χ1v) is 9.50. The largest absolute Gasteiger partial charge is 0.396 e. The lowest BCUT2D eigenvalue weighted by Gasteiger charge is -2.02. The number of aromatic amines is 1. The Labute approximate surface area is 136 Å². The van der Waals surface area contributed by atoms with E-state index in [1.165, 1.54) is 82.7 Å². The number of nitrogens with zero attached hydrogens (tertiary/aromatic N) is 1. The second-order valence-corrected chi connectivity index (χ2v) is 6.47. The second-order valence-electron chi connectivity index (χ2n) is 6.47. The third-order valence-electron chi connectivity index (χ3n) is 4.33. The SMILES string of the molecule is CCCCCCCCCCCCCCc1cnc(CCO)[nH]1. The van der Waals surface area contributed by atoms with Crippen LogP contribution in [0.3, 0.4) is 0 Å². The molecule has 0 bridgehead atoms. The number of rotatable bonds is 15. The van der Waals surface area contributed by atoms with Gasteiger partial charge < -0.3 is 10.1 Å². The molecule has 0 aromatic carbocycles. The molecule has 0 unspecified atom stereocenters. The summed E-state index contributed by atoms with van der Waals surface area (Å²) in [6.07, 6.45) is 20.3. The fourth-order valence-electron chi connectivity index (χ4n) is 2.92. The first-order valence-electron chi connectivity index (χ1n) is 9.50. The highest BCUT2D eigenvalue weighted by Gasteiger charge is 2.00. The van der Waals surface area contributed by atoms with Crippen molar-refractivity contribution in [2.45, 2.75) is 96.8 Å². The molecule has 0 saturated heterocycles. The van der Waals surface area contributed by atoms with Crippen molar-refractivity contribution < 1.29 is 5.11 Å². The number of aryl methyl sites for hydroxylation is 1. The van der Waals surface area contributed by atoms with Crippen molar-refractivity contribution in [3.63, 3.8) is 0 Å². The Morgan fingerprint density at radius 1 is 0.818 bits per heavy atom. The van der Waals surface area contributed by atoms with E-state index in [2.05, 4.69) is 16.9 Å². The van der Waals surface area contributed by atoms with Crippen LogP contribution < -0.4 is 0 Å². The molecule has 1 aromatic rings. The van der Waals surface area contributed by atoms with Crippen LogP contribution in [0.1, 0.15) is 95.5 Å². The van der Waals surface area contributed by atoms with Gasteiger partial charge in [-0.15, -0.1) is 0 Å². The molecule has 1 heterocycles. The number of aliphatic hydroxyl groups excluding tert-OH is 1. The minimum atomic E-state index is 0.172. The van der Waals surface area contributed by atoms with Crippen LogP contribution in [0.5, 0.6) is 0 Å². The van der Waals surface area contributed by atoms with Crippen LogP contribution in [0.2, 0.25) is 0 Å². The van der Waals surface area contributed by atoms with Crippen molar-refractivity contribution >= 4 is 0 Å². The van der Waals surface area contributed by atoms with Gasteiger partial charge in [-0.1, -0.05) is 77.6 Å². The first kappa shape index (κ1) is 19.2. The molecule has 128 valence electrons. The number of unbranched alkanes of at least 4 members (excludes halogenated alkanes) is 11. The average Bonchev–Trinajstić information content (AvgIpc) is 2.96. The zero-order valence-corrected chi connectivity index (χ0v) is 14.6. The fraction of sp³-hybridized carbons (Fsp3) is 0.842. The highest BCUT2D eigenvalue weighted by atomic mass is 16.3. The van der Waals surface area contributed by atoms with E-state index in [0.717, 1.165) is 12.2 Å². The van der Waals surface area contributed by atoms with Crippen LogP contribution in [0, 0.1) is 0 Å². The maximum Gasteiger partial charge on any atom is 0.108 e. The molecule has 1 aromatic heterocycles. The molecular weight excluding hydrogens is 272 g/mol. The Bertz CT molecular complexity index is 349. The number of hydrogen-bond donors (Lipinski definition) is 2. The van der Waals surface area contributed by atoms with E-state index < -0.39 is 0 Å². The highest BCUT2D eigenvalue weighted by molar-refractivity contribution is 5.01. The van der Waals surface area contributed by atoms with Crippen LogP contribution in [0.25, 0.3) is 0 Å². The average molecular weight is 309 g/mol. The standard InChI is InChI=1S/C19H36N2O/c1-2-3-4-5-6-7-8-9-10-11-12-13-14-18-17-20-19(21-18)15-16-22/h17,22H,2-16H2,1H3,(H,20,21). The van der Waals surface area contributed by atoms with Crippen molar-refractivity contribution in [1.29, 1.82) is 0 Å². The highest BCUT2D eigenvalue weighted by Crippen LogP contribution is 2.13. The molecule has 0 amide bonds. The summed E-state index contributed by atoms with van der Waals surface area (Å²) in [6.45, 7) is 2.45. The van der Waals surface area contributed by atoms with E-state index >= 15 is 0 Å². The molecule has 0 aliphatic heterocycles. The van der Waals surface area contributed by atoms with Crippen molar-refractivity contribution in [3.8, 4) is 0 Å². The molecule has 0 radical (unpaired) electrons. The Morgan fingerprint density at radius 3 is 1.91 bits per heavy atom. The molecule has 0 saturated carbocycles. The molecule has 0 atom stereocenters. The molecular formula is C19H36N2O. The molecule has 3 heteroatoms. The van der Waals surface area contributed by atoms with E-state index in [1.807, 2.05) is 6.20 Å². The lowest BCUT2D eigenvalue weighted by molar-refractivity contribution is 0.297. The van der Waals surface area contributed by atoms with Crippen LogP contribution in [-0.2, 0) is 12.8 Å². The van der Waals surface area contributed by atoms with Gasteiger partial charge in [0.1, 0.15) is 5.82 Å². The van der Waals surface area contributed by atoms with Crippen LogP contribution >= 0.6 is 0 Å². The molecule has 0 fully saturated rings. The Hall–Kier alpha value is -0.830. The molecule has 0 aliphatic rings. The molecule has 1 rings (SSSR count). The van der Waals surface area contributed by atoms with Gasteiger partial charge in [0, 0.05) is 18.3 Å². The van der Waals surface area contributed by atoms with E-state index in [4.69, 9.17) is 5.11 Å². The van der Waals surface area contributed by atoms with E-state index in [1.54, 1.807) is 0 Å². The van der Waals surface area contributed by atoms with E-state index in [-0.39, 0.29) is 6.61 Å². The predicted octanol–water partition coefficient (Wildman–Crippen LogP) is 5.19. The number of aromatic nitrogens is 2. The number of nitrogens with one attached hydrogen (secondary N) is 1. The van der Waals surface area contributed by atoms with Crippen LogP contribution in [0.4, 0.5) is 0 Å². The van der Waals surface area contributed by atoms with Gasteiger partial charge in [-0.25, -0.2) is 4.98 Å². The zero-order chi connectivity index (χ0) is 15.9. The molecule has 3 nitrogen and oxygen atoms in total. The minimum absolute atomic E-state index is 0.172. The van der Waals surface area contributed by atoms with Crippen LogP contribution in [0.15, 0.2) is 6.20 Å². The maximum absolute atomic E-state index is 8.86. The minimum Gasteiger partial charge on any atom is -0.396 e. The Morgan fingerprint density at radius 2 is 1.36 bits per heavy atom. The van der Waals surface area contributed by atoms with Crippen LogP contribution in [-0.4, -0.2) is 21.7 Å².